The van der Waals surface area contributed by atoms with Gasteiger partial charge in [0.25, 0.3) is 12.4 Å². The van der Waals surface area contributed by atoms with Crippen LogP contribution in [0.3, 0.4) is 0 Å². The molecule has 1 saturated heterocycles. The lowest BCUT2D eigenvalue weighted by atomic mass is 9.49. The van der Waals surface area contributed by atoms with Gasteiger partial charge in [-0.05, 0) is 61.9 Å². The summed E-state index contributed by atoms with van der Waals surface area (Å²) in [5, 5.41) is 7.42. The van der Waals surface area contributed by atoms with E-state index in [1.54, 1.807) is 0 Å². The number of esters is 1. The maximum atomic E-state index is 11.9. The number of hydrogen-bond acceptors (Lipinski definition) is 6. The van der Waals surface area contributed by atoms with Crippen LogP contribution in [-0.2, 0) is 28.6 Å². The van der Waals surface area contributed by atoms with E-state index in [1.807, 2.05) is 6.08 Å². The van der Waals surface area contributed by atoms with Gasteiger partial charge < -0.3 is 19.3 Å². The van der Waals surface area contributed by atoms with E-state index >= 15 is 0 Å². The van der Waals surface area contributed by atoms with Crippen molar-refractivity contribution in [3.63, 3.8) is 0 Å². The van der Waals surface area contributed by atoms with Crippen LogP contribution in [0.25, 0.3) is 0 Å². The molecule has 6 atom stereocenters. The van der Waals surface area contributed by atoms with Gasteiger partial charge in [-0.2, -0.15) is 0 Å². The molecular formula is C23H36O7. The summed E-state index contributed by atoms with van der Waals surface area (Å²) in [7, 11) is 1.31. The lowest BCUT2D eigenvalue weighted by molar-refractivity contribution is -0.142. The second-order valence-corrected chi connectivity index (χ2v) is 9.34. The lowest BCUT2D eigenvalue weighted by Crippen LogP contribution is -2.53. The van der Waals surface area contributed by atoms with E-state index in [-0.39, 0.29) is 17.7 Å². The van der Waals surface area contributed by atoms with Crippen molar-refractivity contribution in [2.45, 2.75) is 77.9 Å². The number of carbonyl (C=O) groups is 3. The molecule has 0 amide bonds. The summed E-state index contributed by atoms with van der Waals surface area (Å²) in [6, 6.07) is 0. The highest BCUT2D eigenvalue weighted by molar-refractivity contribution is 5.91. The molecule has 30 heavy (non-hydrogen) atoms. The van der Waals surface area contributed by atoms with Crippen LogP contribution in [0.4, 0.5) is 0 Å². The fourth-order valence-corrected chi connectivity index (χ4v) is 6.28. The number of rotatable bonds is 2. The number of carbonyl (C=O) groups excluding carboxylic acids is 2. The van der Waals surface area contributed by atoms with Gasteiger partial charge in [0.1, 0.15) is 6.61 Å². The van der Waals surface area contributed by atoms with Crippen molar-refractivity contribution < 1.29 is 33.7 Å². The van der Waals surface area contributed by atoms with Crippen LogP contribution in [0.1, 0.15) is 66.2 Å². The van der Waals surface area contributed by atoms with E-state index in [9.17, 15) is 4.79 Å². The summed E-state index contributed by atoms with van der Waals surface area (Å²) in [4.78, 5) is 29.9. The Morgan fingerprint density at radius 1 is 1.30 bits per heavy atom. The molecule has 2 saturated carbocycles. The van der Waals surface area contributed by atoms with Gasteiger partial charge in [0.15, 0.2) is 0 Å². The van der Waals surface area contributed by atoms with Gasteiger partial charge in [0.2, 0.25) is 0 Å². The van der Waals surface area contributed by atoms with Crippen molar-refractivity contribution in [3.05, 3.63) is 11.6 Å². The van der Waals surface area contributed by atoms with Crippen molar-refractivity contribution >= 4 is 18.4 Å². The molecule has 170 valence electrons. The topological polar surface area (TPSA) is 99.1 Å². The van der Waals surface area contributed by atoms with Gasteiger partial charge in [0.05, 0.1) is 24.4 Å². The zero-order chi connectivity index (χ0) is 22.5. The number of fused-ring (bicyclic) bond motifs is 3. The summed E-state index contributed by atoms with van der Waals surface area (Å²) in [6.45, 7) is 9.11. The third kappa shape index (κ3) is 5.05. The van der Waals surface area contributed by atoms with Crippen molar-refractivity contribution in [3.8, 4) is 0 Å². The van der Waals surface area contributed by atoms with E-state index < -0.39 is 5.97 Å². The van der Waals surface area contributed by atoms with Crippen molar-refractivity contribution in [1.82, 2.24) is 0 Å². The third-order valence-corrected chi connectivity index (χ3v) is 7.45. The van der Waals surface area contributed by atoms with Crippen molar-refractivity contribution in [2.24, 2.45) is 23.2 Å². The highest BCUT2D eigenvalue weighted by atomic mass is 16.5. The first-order chi connectivity index (χ1) is 14.1. The minimum absolute atomic E-state index is 0.0437. The lowest BCUT2D eigenvalue weighted by Gasteiger charge is -2.57. The standard InChI is InChI=1S/C19H28O3.2C2H4O2/c1-12-5-4-8-18(2)14(12)6-9-19(3)16(18)11-15(22-19)13-7-10-21-17(13)20;1-4-2-3;1-2(3)4/h7,12,14-16H,4-6,8-11H2,1-3H3;2H,1H3;1H3,(H,3,4)/t12?,14?,15?,16?,18-,19?;;/m1../s1. The highest BCUT2D eigenvalue weighted by Gasteiger charge is 2.60. The molecule has 0 aromatic heterocycles. The minimum atomic E-state index is -0.833. The number of ether oxygens (including phenoxy) is 3. The third-order valence-electron chi connectivity index (χ3n) is 7.45. The predicted molar refractivity (Wildman–Crippen MR) is 111 cm³/mol. The first-order valence-electron chi connectivity index (χ1n) is 10.8. The normalized spacial score (nSPS) is 39.0. The molecular weight excluding hydrogens is 388 g/mol. The minimum Gasteiger partial charge on any atom is -0.481 e. The van der Waals surface area contributed by atoms with Crippen molar-refractivity contribution in [2.75, 3.05) is 13.7 Å². The average molecular weight is 425 g/mol. The molecule has 1 N–H and O–H groups in total. The van der Waals surface area contributed by atoms with E-state index in [0.29, 0.717) is 24.4 Å². The Hall–Kier alpha value is -1.89. The Labute approximate surface area is 179 Å². The molecule has 2 aliphatic heterocycles. The van der Waals surface area contributed by atoms with E-state index in [4.69, 9.17) is 24.2 Å². The molecule has 4 aliphatic rings. The summed E-state index contributed by atoms with van der Waals surface area (Å²) in [5.74, 6) is 1.23. The second kappa shape index (κ2) is 9.94. The summed E-state index contributed by atoms with van der Waals surface area (Å²) in [6.07, 6.45) is 9.34. The molecule has 0 bridgehead atoms. The number of carboxylic acids is 1. The number of cyclic esters (lactones) is 1. The zero-order valence-electron chi connectivity index (χ0n) is 18.8. The van der Waals surface area contributed by atoms with Crippen molar-refractivity contribution in [1.29, 1.82) is 0 Å². The van der Waals surface area contributed by atoms with Crippen LogP contribution in [0.5, 0.6) is 0 Å². The number of methoxy groups -OCH3 is 1. The molecule has 4 rings (SSSR count). The number of carboxylic acid groups (broad SMARTS) is 1. The molecule has 2 heterocycles. The van der Waals surface area contributed by atoms with Gasteiger partial charge in [-0.3, -0.25) is 9.59 Å². The summed E-state index contributed by atoms with van der Waals surface area (Å²) < 4.78 is 15.5. The Kier molecular flexibility index (Phi) is 8.08. The Morgan fingerprint density at radius 2 is 1.93 bits per heavy atom. The van der Waals surface area contributed by atoms with Gasteiger partial charge in [0, 0.05) is 6.92 Å². The molecule has 3 fully saturated rings. The Morgan fingerprint density at radius 3 is 2.47 bits per heavy atom. The number of hydrogen-bond donors (Lipinski definition) is 1. The average Bonchev–Trinajstić information content (AvgIpc) is 3.25. The highest BCUT2D eigenvalue weighted by Crippen LogP contribution is 2.63. The van der Waals surface area contributed by atoms with Gasteiger partial charge >= 0.3 is 5.97 Å². The maximum absolute atomic E-state index is 11.9. The van der Waals surface area contributed by atoms with Crippen LogP contribution < -0.4 is 0 Å². The Balaban J connectivity index is 0.000000347. The smallest absolute Gasteiger partial charge is 0.336 e. The monoisotopic (exact) mass is 424 g/mol. The SMILES string of the molecule is CC(=O)O.CC1CCC[C@]2(C)C1CCC1(C)OC(C3=CCOC3=O)CC12.COC=O. The molecule has 5 unspecified atom stereocenters. The molecule has 2 aliphatic carbocycles. The van der Waals surface area contributed by atoms with Crippen LogP contribution in [0, 0.1) is 23.2 Å². The zero-order valence-corrected chi connectivity index (χ0v) is 18.8. The first kappa shape index (κ1) is 24.4. The van der Waals surface area contributed by atoms with Crippen LogP contribution >= 0.6 is 0 Å². The molecule has 7 nitrogen and oxygen atoms in total. The van der Waals surface area contributed by atoms with E-state index in [0.717, 1.165) is 37.2 Å². The summed E-state index contributed by atoms with van der Waals surface area (Å²) in [5.41, 5.74) is 1.10. The molecule has 7 heteroatoms. The quantitative estimate of drug-likeness (QED) is 0.532. The predicted octanol–water partition coefficient (Wildman–Crippen LogP) is 3.75. The second-order valence-electron chi connectivity index (χ2n) is 9.34. The maximum Gasteiger partial charge on any atom is 0.336 e. The van der Waals surface area contributed by atoms with Gasteiger partial charge in [-0.15, -0.1) is 0 Å². The van der Waals surface area contributed by atoms with Gasteiger partial charge in [-0.25, -0.2) is 4.79 Å². The summed E-state index contributed by atoms with van der Waals surface area (Å²) >= 11 is 0. The van der Waals surface area contributed by atoms with Gasteiger partial charge in [-0.1, -0.05) is 26.7 Å². The van der Waals surface area contributed by atoms with E-state index in [2.05, 4.69) is 25.5 Å². The molecule has 0 aromatic carbocycles. The molecule has 0 aromatic rings. The van der Waals surface area contributed by atoms with Crippen LogP contribution in [0.2, 0.25) is 0 Å². The largest absolute Gasteiger partial charge is 0.481 e. The van der Waals surface area contributed by atoms with Crippen LogP contribution in [0.15, 0.2) is 11.6 Å². The van der Waals surface area contributed by atoms with E-state index in [1.165, 1.54) is 32.8 Å². The number of aliphatic carboxylic acids is 1. The fraction of sp³-hybridized carbons (Fsp3) is 0.783. The Bertz CT molecular complexity index is 668. The molecule has 0 radical (unpaired) electrons. The fourth-order valence-electron chi connectivity index (χ4n) is 6.28. The first-order valence-corrected chi connectivity index (χ1v) is 10.8. The van der Waals surface area contributed by atoms with Crippen LogP contribution in [-0.4, -0.2) is 48.9 Å². The molecule has 0 spiro atoms.